The lowest BCUT2D eigenvalue weighted by molar-refractivity contribution is 0.538. The Balaban J connectivity index is 1.72. The van der Waals surface area contributed by atoms with Crippen LogP contribution in [0, 0.1) is 0 Å². The lowest BCUT2D eigenvalue weighted by Gasteiger charge is -2.03. The number of benzene rings is 1. The van der Waals surface area contributed by atoms with Gasteiger partial charge in [-0.1, -0.05) is 138 Å². The molecule has 0 bridgehead atoms. The van der Waals surface area contributed by atoms with Gasteiger partial charge in [-0.05, 0) is 0 Å². The summed E-state index contributed by atoms with van der Waals surface area (Å²) in [6.07, 6.45) is 20.4. The average Bonchev–Trinajstić information content (AvgIpc) is 2.59. The third-order valence-corrected chi connectivity index (χ3v) is 5.98. The van der Waals surface area contributed by atoms with Crippen LogP contribution in [-0.4, -0.2) is 9.52 Å². The van der Waals surface area contributed by atoms with Gasteiger partial charge in [0.1, 0.15) is 0 Å². The van der Waals surface area contributed by atoms with E-state index in [4.69, 9.17) is 0 Å². The van der Waals surface area contributed by atoms with Crippen LogP contribution in [0.1, 0.15) is 96.8 Å². The SMILES string of the molecule is CCCCCCCCCCCCCCCC[Si]c1ccccc1. The molecule has 23 heavy (non-hydrogen) atoms. The number of rotatable bonds is 16. The van der Waals surface area contributed by atoms with Crippen molar-refractivity contribution in [3.05, 3.63) is 30.3 Å². The van der Waals surface area contributed by atoms with Gasteiger partial charge in [0, 0.05) is 0 Å². The van der Waals surface area contributed by atoms with Crippen molar-refractivity contribution in [3.8, 4) is 0 Å². The monoisotopic (exact) mass is 330 g/mol. The first kappa shape index (κ1) is 20.5. The normalized spacial score (nSPS) is 11.0. The van der Waals surface area contributed by atoms with Gasteiger partial charge in [-0.2, -0.15) is 0 Å². The summed E-state index contributed by atoms with van der Waals surface area (Å²) in [4.78, 5) is 0. The first-order valence-corrected chi connectivity index (χ1v) is 11.4. The summed E-state index contributed by atoms with van der Waals surface area (Å²) in [5, 5.41) is 1.53. The highest BCUT2D eigenvalue weighted by molar-refractivity contribution is 6.53. The minimum atomic E-state index is 1.02. The summed E-state index contributed by atoms with van der Waals surface area (Å²) in [6.45, 7) is 2.30. The first-order chi connectivity index (χ1) is 11.4. The van der Waals surface area contributed by atoms with E-state index < -0.39 is 0 Å². The van der Waals surface area contributed by atoms with Crippen molar-refractivity contribution in [2.75, 3.05) is 0 Å². The molecular weight excluding hydrogens is 292 g/mol. The van der Waals surface area contributed by atoms with Crippen molar-refractivity contribution >= 4 is 14.7 Å². The van der Waals surface area contributed by atoms with Crippen molar-refractivity contribution < 1.29 is 0 Å². The van der Waals surface area contributed by atoms with Crippen molar-refractivity contribution in [2.45, 2.75) is 103 Å². The smallest absolute Gasteiger partial charge is 0.0654 e. The first-order valence-electron chi connectivity index (χ1n) is 10.2. The van der Waals surface area contributed by atoms with E-state index in [0.29, 0.717) is 0 Å². The Morgan fingerprint density at radius 1 is 0.565 bits per heavy atom. The molecule has 0 unspecified atom stereocenters. The second-order valence-corrected chi connectivity index (χ2v) is 8.32. The molecule has 0 aliphatic carbocycles. The highest BCUT2D eigenvalue weighted by Crippen LogP contribution is 2.13. The van der Waals surface area contributed by atoms with Crippen molar-refractivity contribution in [1.82, 2.24) is 0 Å². The summed E-state index contributed by atoms with van der Waals surface area (Å²) in [5.74, 6) is 0. The van der Waals surface area contributed by atoms with Gasteiger partial charge in [0.15, 0.2) is 0 Å². The molecule has 0 spiro atoms. The largest absolute Gasteiger partial charge is 0.0807 e. The van der Waals surface area contributed by atoms with E-state index in [0.717, 1.165) is 9.52 Å². The quantitative estimate of drug-likeness (QED) is 0.228. The van der Waals surface area contributed by atoms with E-state index in [1.54, 1.807) is 0 Å². The van der Waals surface area contributed by atoms with Crippen LogP contribution in [0.2, 0.25) is 6.04 Å². The maximum absolute atomic E-state index is 2.30. The topological polar surface area (TPSA) is 0 Å². The van der Waals surface area contributed by atoms with Gasteiger partial charge in [0.05, 0.1) is 9.52 Å². The van der Waals surface area contributed by atoms with E-state index in [1.807, 2.05) is 0 Å². The zero-order valence-electron chi connectivity index (χ0n) is 15.5. The van der Waals surface area contributed by atoms with Gasteiger partial charge in [-0.25, -0.2) is 0 Å². The van der Waals surface area contributed by atoms with Crippen LogP contribution < -0.4 is 5.19 Å². The van der Waals surface area contributed by atoms with E-state index >= 15 is 0 Å². The molecule has 0 heterocycles. The summed E-state index contributed by atoms with van der Waals surface area (Å²) >= 11 is 0. The molecule has 1 heteroatoms. The molecular formula is C22H38Si. The Morgan fingerprint density at radius 2 is 1.00 bits per heavy atom. The molecule has 0 amide bonds. The van der Waals surface area contributed by atoms with E-state index in [-0.39, 0.29) is 0 Å². The Kier molecular flexibility index (Phi) is 14.5. The molecule has 2 radical (unpaired) electrons. The maximum Gasteiger partial charge on any atom is 0.0807 e. The minimum Gasteiger partial charge on any atom is -0.0654 e. The summed E-state index contributed by atoms with van der Waals surface area (Å²) < 4.78 is 0. The molecule has 0 aliphatic rings. The van der Waals surface area contributed by atoms with Gasteiger partial charge >= 0.3 is 0 Å². The maximum atomic E-state index is 2.30. The number of hydrogen-bond donors (Lipinski definition) is 0. The highest BCUT2D eigenvalue weighted by Gasteiger charge is 1.96. The minimum absolute atomic E-state index is 1.02. The van der Waals surface area contributed by atoms with E-state index in [9.17, 15) is 0 Å². The third-order valence-electron chi connectivity index (χ3n) is 4.63. The van der Waals surface area contributed by atoms with Crippen molar-refractivity contribution in [3.63, 3.8) is 0 Å². The van der Waals surface area contributed by atoms with Gasteiger partial charge in [0.2, 0.25) is 0 Å². The summed E-state index contributed by atoms with van der Waals surface area (Å²) in [7, 11) is 1.02. The Labute approximate surface area is 148 Å². The number of hydrogen-bond acceptors (Lipinski definition) is 0. The van der Waals surface area contributed by atoms with Crippen LogP contribution in [0.4, 0.5) is 0 Å². The van der Waals surface area contributed by atoms with Gasteiger partial charge in [0.25, 0.3) is 0 Å². The molecule has 0 nitrogen and oxygen atoms in total. The molecule has 0 fully saturated rings. The lowest BCUT2D eigenvalue weighted by Crippen LogP contribution is -2.12. The Hall–Kier alpha value is -0.563. The molecule has 0 saturated carbocycles. The van der Waals surface area contributed by atoms with E-state index in [1.165, 1.54) is 101 Å². The molecule has 0 aliphatic heterocycles. The lowest BCUT2D eigenvalue weighted by atomic mass is 10.0. The summed E-state index contributed by atoms with van der Waals surface area (Å²) in [6, 6.07) is 12.4. The van der Waals surface area contributed by atoms with Crippen LogP contribution in [0.5, 0.6) is 0 Å². The Bertz CT molecular complexity index is 333. The molecule has 0 aromatic heterocycles. The third kappa shape index (κ3) is 13.6. The predicted octanol–water partition coefficient (Wildman–Crippen LogP) is 6.92. The number of unbranched alkanes of at least 4 members (excludes halogenated alkanes) is 13. The fourth-order valence-electron chi connectivity index (χ4n) is 3.11. The predicted molar refractivity (Wildman–Crippen MR) is 107 cm³/mol. The fourth-order valence-corrected chi connectivity index (χ4v) is 4.25. The van der Waals surface area contributed by atoms with Crippen molar-refractivity contribution in [1.29, 1.82) is 0 Å². The second-order valence-electron chi connectivity index (χ2n) is 6.89. The van der Waals surface area contributed by atoms with Crippen LogP contribution in [0.3, 0.4) is 0 Å². The second kappa shape index (κ2) is 16.3. The van der Waals surface area contributed by atoms with Gasteiger partial charge < -0.3 is 0 Å². The fraction of sp³-hybridized carbons (Fsp3) is 0.727. The molecule has 1 rings (SSSR count). The van der Waals surface area contributed by atoms with Crippen molar-refractivity contribution in [2.24, 2.45) is 0 Å². The molecule has 1 aromatic rings. The standard InChI is InChI=1S/C22H38Si/c1-2-3-4-5-6-7-8-9-10-11-12-13-14-18-21-23-22-19-16-15-17-20-22/h15-17,19-20H,2-14,18,21H2,1H3. The van der Waals surface area contributed by atoms with Crippen LogP contribution >= 0.6 is 0 Å². The average molecular weight is 331 g/mol. The molecule has 1 aromatic carbocycles. The van der Waals surface area contributed by atoms with Crippen LogP contribution in [-0.2, 0) is 0 Å². The molecule has 0 N–H and O–H groups in total. The zero-order valence-corrected chi connectivity index (χ0v) is 16.5. The van der Waals surface area contributed by atoms with E-state index in [2.05, 4.69) is 37.3 Å². The molecule has 0 saturated heterocycles. The summed E-state index contributed by atoms with van der Waals surface area (Å²) in [5.41, 5.74) is 0. The molecule has 0 atom stereocenters. The zero-order chi connectivity index (χ0) is 16.4. The molecule has 130 valence electrons. The van der Waals surface area contributed by atoms with Crippen LogP contribution in [0.25, 0.3) is 0 Å². The Morgan fingerprint density at radius 3 is 1.48 bits per heavy atom. The van der Waals surface area contributed by atoms with Gasteiger partial charge in [-0.15, -0.1) is 0 Å². The van der Waals surface area contributed by atoms with Crippen LogP contribution in [0.15, 0.2) is 30.3 Å². The highest BCUT2D eigenvalue weighted by atomic mass is 28.2. The van der Waals surface area contributed by atoms with Gasteiger partial charge in [-0.3, -0.25) is 0 Å².